The molecule has 0 bridgehead atoms. The van der Waals surface area contributed by atoms with Crippen molar-refractivity contribution in [3.63, 3.8) is 0 Å². The Bertz CT molecular complexity index is 1310. The Hall–Kier alpha value is -3.55. The maximum absolute atomic E-state index is 12.6. The van der Waals surface area contributed by atoms with Crippen LogP contribution in [0.5, 0.6) is 0 Å². The van der Waals surface area contributed by atoms with E-state index in [9.17, 15) is 19.7 Å². The minimum absolute atomic E-state index is 0.141. The number of nitriles is 1. The number of amides is 1. The molecule has 0 saturated carbocycles. The molecule has 0 radical (unpaired) electrons. The third-order valence-electron chi connectivity index (χ3n) is 6.83. The van der Waals surface area contributed by atoms with Gasteiger partial charge in [-0.15, -0.1) is 0 Å². The molecule has 9 nitrogen and oxygen atoms in total. The lowest BCUT2D eigenvalue weighted by Gasteiger charge is -2.41. The highest BCUT2D eigenvalue weighted by Crippen LogP contribution is 2.37. The van der Waals surface area contributed by atoms with E-state index in [1.54, 1.807) is 12.6 Å². The zero-order valence-corrected chi connectivity index (χ0v) is 20.2. The fourth-order valence-electron chi connectivity index (χ4n) is 5.17. The van der Waals surface area contributed by atoms with Crippen LogP contribution in [-0.2, 0) is 24.1 Å². The molecular formula is C25H26N6O3S. The van der Waals surface area contributed by atoms with E-state index in [4.69, 9.17) is 0 Å². The number of anilines is 2. The number of benzene rings is 2. The summed E-state index contributed by atoms with van der Waals surface area (Å²) in [5.41, 5.74) is 2.96. The third kappa shape index (κ3) is 4.33. The number of nitrogens with zero attached hydrogens (tertiary/aromatic N) is 6. The molecule has 1 N–H and O–H groups in total. The predicted molar refractivity (Wildman–Crippen MR) is 134 cm³/mol. The highest BCUT2D eigenvalue weighted by Gasteiger charge is 2.33. The van der Waals surface area contributed by atoms with Crippen LogP contribution in [0.15, 0.2) is 47.6 Å². The van der Waals surface area contributed by atoms with Gasteiger partial charge in [-0.1, -0.05) is 24.3 Å². The summed E-state index contributed by atoms with van der Waals surface area (Å²) in [6, 6.07) is 13.8. The van der Waals surface area contributed by atoms with Crippen LogP contribution in [0.1, 0.15) is 17.7 Å². The van der Waals surface area contributed by atoms with Crippen LogP contribution in [0.3, 0.4) is 0 Å². The second-order valence-corrected chi connectivity index (χ2v) is 10.2. The fourth-order valence-corrected chi connectivity index (χ4v) is 5.94. The fraction of sp³-hybridized carbons (Fsp3) is 0.360. The number of piperazine rings is 1. The lowest BCUT2D eigenvalue weighted by Crippen LogP contribution is -2.55. The topological polar surface area (TPSA) is 120 Å². The lowest BCUT2D eigenvalue weighted by molar-refractivity contribution is 0.119. The molecule has 180 valence electrons. The van der Waals surface area contributed by atoms with E-state index in [1.807, 2.05) is 24.3 Å². The van der Waals surface area contributed by atoms with Gasteiger partial charge in [0.1, 0.15) is 24.1 Å². The zero-order chi connectivity index (χ0) is 24.5. The maximum Gasteiger partial charge on any atom is 0.407 e. The molecule has 5 rings (SSSR count). The van der Waals surface area contributed by atoms with Gasteiger partial charge >= 0.3 is 6.09 Å². The Labute approximate surface area is 206 Å². The lowest BCUT2D eigenvalue weighted by atomic mass is 10.0. The highest BCUT2D eigenvalue weighted by atomic mass is 32.2. The van der Waals surface area contributed by atoms with E-state index >= 15 is 0 Å². The largest absolute Gasteiger partial charge is 0.612 e. The summed E-state index contributed by atoms with van der Waals surface area (Å²) >= 11 is -1.14. The van der Waals surface area contributed by atoms with Crippen LogP contribution in [0.4, 0.5) is 16.3 Å². The highest BCUT2D eigenvalue weighted by molar-refractivity contribution is 7.90. The van der Waals surface area contributed by atoms with Crippen molar-refractivity contribution in [1.82, 2.24) is 14.9 Å². The van der Waals surface area contributed by atoms with Crippen molar-refractivity contribution in [1.29, 1.82) is 5.26 Å². The number of rotatable bonds is 4. The van der Waals surface area contributed by atoms with Crippen LogP contribution < -0.4 is 9.80 Å². The summed E-state index contributed by atoms with van der Waals surface area (Å²) in [6.45, 7) is 2.56. The van der Waals surface area contributed by atoms with Crippen molar-refractivity contribution < 1.29 is 14.5 Å². The number of hydrogen-bond donors (Lipinski definition) is 1. The summed E-state index contributed by atoms with van der Waals surface area (Å²) in [5.74, 6) is 0.819. The van der Waals surface area contributed by atoms with Gasteiger partial charge in [0.2, 0.25) is 0 Å². The van der Waals surface area contributed by atoms with Gasteiger partial charge in [0.05, 0.1) is 30.8 Å². The monoisotopic (exact) mass is 490 g/mol. The minimum Gasteiger partial charge on any atom is -0.612 e. The summed E-state index contributed by atoms with van der Waals surface area (Å²) in [6.07, 6.45) is 3.13. The molecule has 1 amide bonds. The standard InChI is InChI=1S/C25H26N6O3S/c1-35(34)22-7-6-17-4-2-3-5-19(17)23(22)29-11-9-20-21(15-29)27-16-28-24(20)30-12-13-31(25(32)33)18(14-30)8-10-26/h2-7,16,18H,8-9,11-15H2,1H3,(H,32,33)/t18-,35?/m0/s1. The second-order valence-electron chi connectivity index (χ2n) is 8.82. The van der Waals surface area contributed by atoms with E-state index in [2.05, 4.69) is 38.0 Å². The van der Waals surface area contributed by atoms with Gasteiger partial charge in [-0.05, 0) is 35.1 Å². The molecule has 2 aliphatic heterocycles. The van der Waals surface area contributed by atoms with E-state index < -0.39 is 23.3 Å². The quantitative estimate of drug-likeness (QED) is 0.554. The molecule has 1 saturated heterocycles. The average Bonchev–Trinajstić information content (AvgIpc) is 2.87. The van der Waals surface area contributed by atoms with E-state index in [0.29, 0.717) is 32.6 Å². The summed E-state index contributed by atoms with van der Waals surface area (Å²) in [4.78, 5) is 27.3. The first kappa shape index (κ1) is 23.2. The molecule has 1 unspecified atom stereocenters. The van der Waals surface area contributed by atoms with E-state index in [-0.39, 0.29) is 6.42 Å². The van der Waals surface area contributed by atoms with Crippen LogP contribution in [-0.4, -0.2) is 69.1 Å². The van der Waals surface area contributed by atoms with Gasteiger partial charge < -0.3 is 24.4 Å². The molecule has 1 aromatic heterocycles. The van der Waals surface area contributed by atoms with Gasteiger partial charge in [0.25, 0.3) is 0 Å². The normalized spacial score (nSPS) is 18.8. The van der Waals surface area contributed by atoms with E-state index in [0.717, 1.165) is 45.0 Å². The van der Waals surface area contributed by atoms with Gasteiger partial charge in [0.15, 0.2) is 4.90 Å². The SMILES string of the molecule is C[S+]([O-])c1ccc2ccccc2c1N1CCc2c(ncnc2N2CCN(C(=O)O)[C@@H](CC#N)C2)C1. The minimum atomic E-state index is -1.14. The molecule has 2 atom stereocenters. The predicted octanol–water partition coefficient (Wildman–Crippen LogP) is 3.01. The first-order valence-corrected chi connectivity index (χ1v) is 13.1. The molecule has 0 aliphatic carbocycles. The third-order valence-corrected chi connectivity index (χ3v) is 7.78. The summed E-state index contributed by atoms with van der Waals surface area (Å²) in [7, 11) is 0. The van der Waals surface area contributed by atoms with Crippen LogP contribution >= 0.6 is 0 Å². The van der Waals surface area contributed by atoms with Crippen molar-refractivity contribution in [3.8, 4) is 6.07 Å². The molecule has 3 heterocycles. The van der Waals surface area contributed by atoms with Gasteiger partial charge in [0, 0.05) is 37.1 Å². The molecule has 3 aromatic rings. The number of fused-ring (bicyclic) bond motifs is 2. The van der Waals surface area contributed by atoms with Crippen molar-refractivity contribution in [2.75, 3.05) is 42.2 Å². The van der Waals surface area contributed by atoms with Gasteiger partial charge in [-0.25, -0.2) is 14.8 Å². The molecule has 10 heteroatoms. The van der Waals surface area contributed by atoms with Crippen molar-refractivity contribution >= 4 is 39.5 Å². The molecule has 1 fully saturated rings. The van der Waals surface area contributed by atoms with Crippen molar-refractivity contribution in [2.45, 2.75) is 30.3 Å². The Morgan fingerprint density at radius 1 is 1.20 bits per heavy atom. The molecule has 2 aromatic carbocycles. The van der Waals surface area contributed by atoms with Crippen LogP contribution in [0.2, 0.25) is 0 Å². The molecule has 2 aliphatic rings. The van der Waals surface area contributed by atoms with Gasteiger partial charge in [-0.3, -0.25) is 0 Å². The number of carboxylic acid groups (broad SMARTS) is 1. The number of aromatic nitrogens is 2. The number of hydrogen-bond acceptors (Lipinski definition) is 7. The van der Waals surface area contributed by atoms with E-state index in [1.165, 1.54) is 4.90 Å². The average molecular weight is 491 g/mol. The zero-order valence-electron chi connectivity index (χ0n) is 19.4. The summed E-state index contributed by atoms with van der Waals surface area (Å²) < 4.78 is 12.6. The van der Waals surface area contributed by atoms with Crippen LogP contribution in [0, 0.1) is 11.3 Å². The maximum atomic E-state index is 12.6. The molecular weight excluding hydrogens is 464 g/mol. The van der Waals surface area contributed by atoms with Crippen LogP contribution in [0.25, 0.3) is 10.8 Å². The second kappa shape index (κ2) is 9.60. The Morgan fingerprint density at radius 3 is 2.80 bits per heavy atom. The molecule has 0 spiro atoms. The van der Waals surface area contributed by atoms with Gasteiger partial charge in [-0.2, -0.15) is 5.26 Å². The summed E-state index contributed by atoms with van der Waals surface area (Å²) in [5, 5.41) is 20.9. The van der Waals surface area contributed by atoms with Crippen molar-refractivity contribution in [2.24, 2.45) is 0 Å². The molecule has 35 heavy (non-hydrogen) atoms. The Kier molecular flexibility index (Phi) is 6.36. The first-order valence-electron chi connectivity index (χ1n) is 11.5. The number of carbonyl (C=O) groups is 1. The first-order chi connectivity index (χ1) is 17.0. The Morgan fingerprint density at radius 2 is 2.03 bits per heavy atom. The Balaban J connectivity index is 1.47. The smallest absolute Gasteiger partial charge is 0.407 e. The van der Waals surface area contributed by atoms with Crippen molar-refractivity contribution in [3.05, 3.63) is 54.0 Å².